The van der Waals surface area contributed by atoms with Crippen LogP contribution in [0.5, 0.6) is 5.75 Å². The first-order valence-corrected chi connectivity index (χ1v) is 6.82. The molecule has 0 atom stereocenters. The van der Waals surface area contributed by atoms with Gasteiger partial charge in [-0.05, 0) is 42.8 Å². The molecule has 106 valence electrons. The summed E-state index contributed by atoms with van der Waals surface area (Å²) in [6.07, 6.45) is 1.75. The van der Waals surface area contributed by atoms with Gasteiger partial charge in [-0.3, -0.25) is 0 Å². The number of pyridine rings is 1. The van der Waals surface area contributed by atoms with Crippen molar-refractivity contribution >= 4 is 23.1 Å². The van der Waals surface area contributed by atoms with Gasteiger partial charge in [-0.2, -0.15) is 0 Å². The number of aromatic nitrogens is 1. The van der Waals surface area contributed by atoms with Crippen LogP contribution in [-0.2, 0) is 6.54 Å². The lowest BCUT2D eigenvalue weighted by Gasteiger charge is -2.21. The van der Waals surface area contributed by atoms with Crippen molar-refractivity contribution < 1.29 is 4.74 Å². The van der Waals surface area contributed by atoms with Gasteiger partial charge in [0.15, 0.2) is 11.6 Å². The Morgan fingerprint density at radius 1 is 1.35 bits per heavy atom. The highest BCUT2D eigenvalue weighted by atomic mass is 35.5. The van der Waals surface area contributed by atoms with Crippen molar-refractivity contribution in [1.82, 2.24) is 4.98 Å². The van der Waals surface area contributed by atoms with Gasteiger partial charge in [0, 0.05) is 30.5 Å². The molecule has 0 unspecified atom stereocenters. The molecule has 0 amide bonds. The van der Waals surface area contributed by atoms with Crippen LogP contribution in [0.2, 0.25) is 5.02 Å². The minimum atomic E-state index is 0.603. The van der Waals surface area contributed by atoms with Gasteiger partial charge in [0.2, 0.25) is 0 Å². The Balaban J connectivity index is 2.23. The van der Waals surface area contributed by atoms with Crippen molar-refractivity contribution in [3.63, 3.8) is 0 Å². The van der Waals surface area contributed by atoms with Crippen LogP contribution in [0.3, 0.4) is 0 Å². The molecule has 0 bridgehead atoms. The van der Waals surface area contributed by atoms with Crippen molar-refractivity contribution in [3.05, 3.63) is 47.1 Å². The third-order valence-corrected chi connectivity index (χ3v) is 3.26. The molecule has 0 aliphatic heterocycles. The van der Waals surface area contributed by atoms with Gasteiger partial charge >= 0.3 is 0 Å². The van der Waals surface area contributed by atoms with Gasteiger partial charge in [-0.25, -0.2) is 4.98 Å². The molecule has 0 saturated heterocycles. The van der Waals surface area contributed by atoms with Crippen LogP contribution >= 0.6 is 11.6 Å². The molecule has 2 N–H and O–H groups in total. The van der Waals surface area contributed by atoms with E-state index in [4.69, 9.17) is 22.1 Å². The highest BCUT2D eigenvalue weighted by Crippen LogP contribution is 2.27. The maximum atomic E-state index is 6.19. The van der Waals surface area contributed by atoms with Crippen molar-refractivity contribution in [2.75, 3.05) is 24.3 Å². The summed E-state index contributed by atoms with van der Waals surface area (Å²) in [5.41, 5.74) is 7.46. The van der Waals surface area contributed by atoms with E-state index in [0.717, 1.165) is 17.1 Å². The van der Waals surface area contributed by atoms with E-state index in [2.05, 4.69) is 4.98 Å². The maximum absolute atomic E-state index is 6.19. The van der Waals surface area contributed by atoms with Crippen molar-refractivity contribution in [2.24, 2.45) is 0 Å². The summed E-state index contributed by atoms with van der Waals surface area (Å²) in [7, 11) is 1.95. The monoisotopic (exact) mass is 291 g/mol. The normalized spacial score (nSPS) is 10.3. The second kappa shape index (κ2) is 6.48. The fourth-order valence-corrected chi connectivity index (χ4v) is 2.16. The molecule has 0 fully saturated rings. The summed E-state index contributed by atoms with van der Waals surface area (Å²) < 4.78 is 5.59. The first-order valence-electron chi connectivity index (χ1n) is 6.44. The Morgan fingerprint density at radius 3 is 2.90 bits per heavy atom. The first-order chi connectivity index (χ1) is 9.61. The van der Waals surface area contributed by atoms with E-state index in [0.29, 0.717) is 23.9 Å². The summed E-state index contributed by atoms with van der Waals surface area (Å²) in [6.45, 7) is 3.16. The molecule has 0 saturated carbocycles. The summed E-state index contributed by atoms with van der Waals surface area (Å²) in [5.74, 6) is 1.55. The van der Waals surface area contributed by atoms with Crippen molar-refractivity contribution in [1.29, 1.82) is 0 Å². The quantitative estimate of drug-likeness (QED) is 0.858. The predicted octanol–water partition coefficient (Wildman–Crippen LogP) is 3.35. The third-order valence-electron chi connectivity index (χ3n) is 2.89. The Labute approximate surface area is 124 Å². The Hall–Kier alpha value is -1.94. The molecule has 0 radical (unpaired) electrons. The number of rotatable bonds is 5. The molecule has 0 aliphatic carbocycles. The molecular weight excluding hydrogens is 274 g/mol. The number of ether oxygens (including phenoxy) is 1. The van der Waals surface area contributed by atoms with E-state index < -0.39 is 0 Å². The van der Waals surface area contributed by atoms with Crippen LogP contribution < -0.4 is 15.4 Å². The molecule has 5 heteroatoms. The first kappa shape index (κ1) is 14.5. The lowest BCUT2D eigenvalue weighted by Crippen LogP contribution is -2.19. The maximum Gasteiger partial charge on any atom is 0.171 e. The lowest BCUT2D eigenvalue weighted by atomic mass is 10.2. The molecule has 1 aromatic carbocycles. The number of nitrogens with two attached hydrogens (primary N) is 1. The second-order valence-electron chi connectivity index (χ2n) is 4.47. The highest BCUT2D eigenvalue weighted by Gasteiger charge is 2.11. The molecule has 1 aromatic heterocycles. The average Bonchev–Trinajstić information content (AvgIpc) is 2.44. The van der Waals surface area contributed by atoms with E-state index in [-0.39, 0.29) is 0 Å². The fraction of sp³-hybridized carbons (Fsp3) is 0.267. The summed E-state index contributed by atoms with van der Waals surface area (Å²) in [6, 6.07) is 9.24. The molecule has 4 nitrogen and oxygen atoms in total. The molecule has 2 rings (SSSR count). The fourth-order valence-electron chi connectivity index (χ4n) is 1.98. The van der Waals surface area contributed by atoms with E-state index in [9.17, 15) is 0 Å². The van der Waals surface area contributed by atoms with Gasteiger partial charge in [-0.15, -0.1) is 0 Å². The number of hydrogen-bond acceptors (Lipinski definition) is 4. The number of anilines is 2. The summed E-state index contributed by atoms with van der Waals surface area (Å²) in [5, 5.41) is 0.694. The largest absolute Gasteiger partial charge is 0.490 e. The smallest absolute Gasteiger partial charge is 0.171 e. The van der Waals surface area contributed by atoms with Gasteiger partial charge in [0.1, 0.15) is 0 Å². The average molecular weight is 292 g/mol. The minimum absolute atomic E-state index is 0.603. The van der Waals surface area contributed by atoms with Gasteiger partial charge in [0.05, 0.1) is 6.61 Å². The van der Waals surface area contributed by atoms with E-state index in [1.807, 2.05) is 43.1 Å². The zero-order chi connectivity index (χ0) is 14.5. The van der Waals surface area contributed by atoms with Gasteiger partial charge in [0.25, 0.3) is 0 Å². The van der Waals surface area contributed by atoms with Crippen LogP contribution in [0.15, 0.2) is 36.5 Å². The van der Waals surface area contributed by atoms with Crippen molar-refractivity contribution in [2.45, 2.75) is 13.5 Å². The number of benzene rings is 1. The molecule has 0 aliphatic rings. The summed E-state index contributed by atoms with van der Waals surface area (Å²) >= 11 is 6.19. The second-order valence-corrected chi connectivity index (χ2v) is 4.87. The number of hydrogen-bond donors (Lipinski definition) is 1. The Bertz CT molecular complexity index is 589. The van der Waals surface area contributed by atoms with Gasteiger partial charge in [-0.1, -0.05) is 11.6 Å². The van der Waals surface area contributed by atoms with Crippen LogP contribution in [0.25, 0.3) is 0 Å². The summed E-state index contributed by atoms with van der Waals surface area (Å²) in [4.78, 5) is 6.36. The number of halogens is 1. The molecule has 0 spiro atoms. The predicted molar refractivity (Wildman–Crippen MR) is 83.4 cm³/mol. The third kappa shape index (κ3) is 3.33. The highest BCUT2D eigenvalue weighted by molar-refractivity contribution is 6.31. The van der Waals surface area contributed by atoms with Crippen LogP contribution in [0.4, 0.5) is 11.5 Å². The minimum Gasteiger partial charge on any atom is -0.490 e. The molecule has 2 aromatic rings. The van der Waals surface area contributed by atoms with E-state index in [1.54, 1.807) is 12.3 Å². The van der Waals surface area contributed by atoms with Crippen LogP contribution in [-0.4, -0.2) is 18.6 Å². The zero-order valence-corrected chi connectivity index (χ0v) is 12.4. The van der Waals surface area contributed by atoms with E-state index >= 15 is 0 Å². The Kier molecular flexibility index (Phi) is 4.69. The van der Waals surface area contributed by atoms with Crippen LogP contribution in [0, 0.1) is 0 Å². The standard InChI is InChI=1S/C15H18ClN3O/c1-3-20-14-5-4-8-18-15(14)19(2)10-11-9-12(17)6-7-13(11)16/h4-9H,3,10,17H2,1-2H3. The van der Waals surface area contributed by atoms with E-state index in [1.165, 1.54) is 0 Å². The zero-order valence-electron chi connectivity index (χ0n) is 11.6. The molecule has 20 heavy (non-hydrogen) atoms. The topological polar surface area (TPSA) is 51.4 Å². The van der Waals surface area contributed by atoms with Crippen LogP contribution in [0.1, 0.15) is 12.5 Å². The van der Waals surface area contributed by atoms with Crippen molar-refractivity contribution in [3.8, 4) is 5.75 Å². The van der Waals surface area contributed by atoms with Gasteiger partial charge < -0.3 is 15.4 Å². The SMILES string of the molecule is CCOc1cccnc1N(C)Cc1cc(N)ccc1Cl. The number of nitrogens with zero attached hydrogens (tertiary/aromatic N) is 2. The molecular formula is C15H18ClN3O. The molecule has 1 heterocycles. The Morgan fingerprint density at radius 2 is 2.15 bits per heavy atom. The lowest BCUT2D eigenvalue weighted by molar-refractivity contribution is 0.339. The number of nitrogen functional groups attached to an aromatic ring is 1.